The largest absolute Gasteiger partial charge is 0.352 e. The van der Waals surface area contributed by atoms with Gasteiger partial charge in [0.2, 0.25) is 5.91 Å². The highest BCUT2D eigenvalue weighted by Gasteiger charge is 2.24. The van der Waals surface area contributed by atoms with Crippen LogP contribution in [-0.2, 0) is 4.79 Å². The van der Waals surface area contributed by atoms with Gasteiger partial charge in [0.1, 0.15) is 6.42 Å². The maximum Gasteiger partial charge on any atom is 0.253 e. The van der Waals surface area contributed by atoms with Crippen LogP contribution < -0.4 is 5.32 Å². The van der Waals surface area contributed by atoms with E-state index in [9.17, 15) is 9.59 Å². The molecule has 21 heavy (non-hydrogen) atoms. The van der Waals surface area contributed by atoms with Gasteiger partial charge in [0.05, 0.1) is 6.07 Å². The number of benzene rings is 1. The Morgan fingerprint density at radius 1 is 1.38 bits per heavy atom. The predicted molar refractivity (Wildman–Crippen MR) is 81.4 cm³/mol. The minimum atomic E-state index is -0.241. The summed E-state index contributed by atoms with van der Waals surface area (Å²) < 4.78 is 0.881. The molecule has 5 nitrogen and oxygen atoms in total. The van der Waals surface area contributed by atoms with Crippen molar-refractivity contribution in [2.75, 3.05) is 13.1 Å². The average Bonchev–Trinajstić information content (AvgIpc) is 2.47. The fourth-order valence-corrected chi connectivity index (χ4v) is 2.78. The zero-order chi connectivity index (χ0) is 15.2. The first-order valence-corrected chi connectivity index (χ1v) is 7.60. The molecule has 1 heterocycles. The number of hydrogen-bond acceptors (Lipinski definition) is 3. The minimum absolute atomic E-state index is 0.0121. The third-order valence-corrected chi connectivity index (χ3v) is 3.95. The number of likely N-dealkylation sites (tertiary alicyclic amines) is 1. The van der Waals surface area contributed by atoms with Crippen molar-refractivity contribution in [3.63, 3.8) is 0 Å². The molecule has 1 aromatic rings. The second kappa shape index (κ2) is 7.23. The van der Waals surface area contributed by atoms with Crippen LogP contribution >= 0.6 is 15.9 Å². The molecule has 0 radical (unpaired) electrons. The number of piperidine rings is 1. The third-order valence-electron chi connectivity index (χ3n) is 3.46. The monoisotopic (exact) mass is 349 g/mol. The predicted octanol–water partition coefficient (Wildman–Crippen LogP) is 2.08. The lowest BCUT2D eigenvalue weighted by molar-refractivity contribution is -0.121. The highest BCUT2D eigenvalue weighted by atomic mass is 79.9. The number of nitriles is 1. The number of rotatable bonds is 3. The Morgan fingerprint density at radius 2 is 2.10 bits per heavy atom. The van der Waals surface area contributed by atoms with Crippen LogP contribution in [0.3, 0.4) is 0 Å². The molecule has 0 aliphatic carbocycles. The summed E-state index contributed by atoms with van der Waals surface area (Å²) in [6, 6.07) is 9.21. The molecule has 1 aliphatic heterocycles. The van der Waals surface area contributed by atoms with Gasteiger partial charge in [-0.1, -0.05) is 22.0 Å². The van der Waals surface area contributed by atoms with Crippen molar-refractivity contribution in [2.45, 2.75) is 25.3 Å². The van der Waals surface area contributed by atoms with E-state index in [1.807, 2.05) is 24.3 Å². The van der Waals surface area contributed by atoms with E-state index in [1.165, 1.54) is 0 Å². The zero-order valence-electron chi connectivity index (χ0n) is 11.5. The van der Waals surface area contributed by atoms with Gasteiger partial charge in [0.15, 0.2) is 0 Å². The number of nitrogens with one attached hydrogen (secondary N) is 1. The van der Waals surface area contributed by atoms with Gasteiger partial charge in [0, 0.05) is 29.2 Å². The van der Waals surface area contributed by atoms with Crippen LogP contribution in [0.1, 0.15) is 29.6 Å². The van der Waals surface area contributed by atoms with Gasteiger partial charge in [-0.05, 0) is 31.0 Å². The summed E-state index contributed by atoms with van der Waals surface area (Å²) in [6.07, 6.45) is 1.32. The van der Waals surface area contributed by atoms with Crippen LogP contribution in [0.4, 0.5) is 0 Å². The second-order valence-corrected chi connectivity index (χ2v) is 5.89. The third kappa shape index (κ3) is 4.30. The molecule has 2 rings (SSSR count). The maximum atomic E-state index is 12.4. The summed E-state index contributed by atoms with van der Waals surface area (Å²) in [5.74, 6) is -0.229. The van der Waals surface area contributed by atoms with Gasteiger partial charge in [-0.3, -0.25) is 9.59 Å². The topological polar surface area (TPSA) is 73.2 Å². The normalized spacial score (nSPS) is 15.3. The summed E-state index contributed by atoms with van der Waals surface area (Å²) in [4.78, 5) is 25.5. The molecule has 110 valence electrons. The molecular weight excluding hydrogens is 334 g/mol. The Morgan fingerprint density at radius 3 is 2.71 bits per heavy atom. The molecule has 1 aliphatic rings. The highest BCUT2D eigenvalue weighted by Crippen LogP contribution is 2.17. The van der Waals surface area contributed by atoms with Crippen LogP contribution in [0.5, 0.6) is 0 Å². The number of amides is 2. The molecule has 1 aromatic carbocycles. The first kappa shape index (κ1) is 15.5. The molecule has 1 saturated heterocycles. The van der Waals surface area contributed by atoms with E-state index >= 15 is 0 Å². The molecule has 0 spiro atoms. The van der Waals surface area contributed by atoms with E-state index in [-0.39, 0.29) is 24.3 Å². The Balaban J connectivity index is 1.88. The van der Waals surface area contributed by atoms with Crippen LogP contribution in [0.2, 0.25) is 0 Å². The first-order valence-electron chi connectivity index (χ1n) is 6.81. The first-order chi connectivity index (χ1) is 10.1. The highest BCUT2D eigenvalue weighted by molar-refractivity contribution is 9.10. The van der Waals surface area contributed by atoms with Crippen LogP contribution in [-0.4, -0.2) is 35.8 Å². The van der Waals surface area contributed by atoms with E-state index in [4.69, 9.17) is 5.26 Å². The number of hydrogen-bond donors (Lipinski definition) is 1. The standard InChI is InChI=1S/C15H16BrN3O2/c16-12-3-1-2-11(10-12)15(21)19-8-5-13(6-9-19)18-14(20)4-7-17/h1-3,10,13H,4-6,8-9H2,(H,18,20). The molecule has 0 bridgehead atoms. The van der Waals surface area contributed by atoms with E-state index in [0.717, 1.165) is 17.3 Å². The molecule has 2 amide bonds. The number of halogens is 1. The van der Waals surface area contributed by atoms with E-state index in [1.54, 1.807) is 11.0 Å². The lowest BCUT2D eigenvalue weighted by Gasteiger charge is -2.32. The molecule has 1 fully saturated rings. The molecule has 1 N–H and O–H groups in total. The quantitative estimate of drug-likeness (QED) is 0.907. The van der Waals surface area contributed by atoms with Gasteiger partial charge in [-0.25, -0.2) is 0 Å². The number of nitrogens with zero attached hydrogens (tertiary/aromatic N) is 2. The van der Waals surface area contributed by atoms with Crippen molar-refractivity contribution in [1.82, 2.24) is 10.2 Å². The van der Waals surface area contributed by atoms with Crippen molar-refractivity contribution in [2.24, 2.45) is 0 Å². The van der Waals surface area contributed by atoms with Crippen LogP contribution in [0.15, 0.2) is 28.7 Å². The molecule has 0 unspecified atom stereocenters. The average molecular weight is 350 g/mol. The van der Waals surface area contributed by atoms with E-state index in [0.29, 0.717) is 18.7 Å². The van der Waals surface area contributed by atoms with Gasteiger partial charge < -0.3 is 10.2 Å². The Hall–Kier alpha value is -1.87. The van der Waals surface area contributed by atoms with Gasteiger partial charge in [0.25, 0.3) is 5.91 Å². The minimum Gasteiger partial charge on any atom is -0.352 e. The smallest absolute Gasteiger partial charge is 0.253 e. The molecule has 6 heteroatoms. The summed E-state index contributed by atoms with van der Waals surface area (Å²) >= 11 is 3.36. The molecule has 0 atom stereocenters. The zero-order valence-corrected chi connectivity index (χ0v) is 13.1. The van der Waals surface area contributed by atoms with E-state index < -0.39 is 0 Å². The van der Waals surface area contributed by atoms with E-state index in [2.05, 4.69) is 21.2 Å². The second-order valence-electron chi connectivity index (χ2n) is 4.98. The van der Waals surface area contributed by atoms with Crippen molar-refractivity contribution in [3.05, 3.63) is 34.3 Å². The van der Waals surface area contributed by atoms with Crippen molar-refractivity contribution < 1.29 is 9.59 Å². The van der Waals surface area contributed by atoms with Crippen molar-refractivity contribution in [1.29, 1.82) is 5.26 Å². The van der Waals surface area contributed by atoms with Crippen LogP contribution in [0, 0.1) is 11.3 Å². The summed E-state index contributed by atoms with van der Waals surface area (Å²) in [6.45, 7) is 1.23. The number of carbonyl (C=O) groups is 2. The number of carbonyl (C=O) groups excluding carboxylic acids is 2. The molecular formula is C15H16BrN3O2. The fourth-order valence-electron chi connectivity index (χ4n) is 2.38. The Kier molecular flexibility index (Phi) is 5.34. The van der Waals surface area contributed by atoms with Crippen molar-refractivity contribution in [3.8, 4) is 6.07 Å². The van der Waals surface area contributed by atoms with Gasteiger partial charge in [-0.15, -0.1) is 0 Å². The summed E-state index contributed by atoms with van der Waals surface area (Å²) in [5.41, 5.74) is 0.663. The van der Waals surface area contributed by atoms with Gasteiger partial charge >= 0.3 is 0 Å². The Labute approximate surface area is 132 Å². The SMILES string of the molecule is N#CCC(=O)NC1CCN(C(=O)c2cccc(Br)c2)CC1. The van der Waals surface area contributed by atoms with Crippen LogP contribution in [0.25, 0.3) is 0 Å². The summed E-state index contributed by atoms with van der Waals surface area (Å²) in [5, 5.41) is 11.3. The fraction of sp³-hybridized carbons (Fsp3) is 0.400. The summed E-state index contributed by atoms with van der Waals surface area (Å²) in [7, 11) is 0. The van der Waals surface area contributed by atoms with Crippen molar-refractivity contribution >= 4 is 27.7 Å². The lowest BCUT2D eigenvalue weighted by atomic mass is 10.0. The molecule has 0 aromatic heterocycles. The lowest BCUT2D eigenvalue weighted by Crippen LogP contribution is -2.46. The molecule has 0 saturated carbocycles. The maximum absolute atomic E-state index is 12.4. The van der Waals surface area contributed by atoms with Gasteiger partial charge in [-0.2, -0.15) is 5.26 Å². The Bertz CT molecular complexity index is 575.